The van der Waals surface area contributed by atoms with Gasteiger partial charge in [0.2, 0.25) is 0 Å². The summed E-state index contributed by atoms with van der Waals surface area (Å²) in [5.41, 5.74) is 0. The second-order valence-electron chi connectivity index (χ2n) is 6.95. The van der Waals surface area contributed by atoms with E-state index < -0.39 is 0 Å². The second-order valence-corrected chi connectivity index (χ2v) is 8.02. The minimum absolute atomic E-state index is 0.228. The fourth-order valence-corrected chi connectivity index (χ4v) is 4.17. The van der Waals surface area contributed by atoms with Gasteiger partial charge in [-0.25, -0.2) is 0 Å². The first-order chi connectivity index (χ1) is 12.4. The van der Waals surface area contributed by atoms with Crippen molar-refractivity contribution >= 4 is 16.9 Å². The van der Waals surface area contributed by atoms with E-state index in [-0.39, 0.29) is 6.61 Å². The number of thioether (sulfide) groups is 1. The molecule has 1 rings (SSSR count). The molecule has 1 aliphatic heterocycles. The summed E-state index contributed by atoms with van der Waals surface area (Å²) in [6.45, 7) is 5.11. The molecule has 0 saturated heterocycles. The average molecular weight is 369 g/mol. The Labute approximate surface area is 160 Å². The molecular weight excluding hydrogens is 328 g/mol. The van der Waals surface area contributed by atoms with Gasteiger partial charge in [-0.05, 0) is 32.1 Å². The van der Waals surface area contributed by atoms with Gasteiger partial charge in [0.15, 0.2) is 5.17 Å². The third-order valence-electron chi connectivity index (χ3n) is 4.64. The van der Waals surface area contributed by atoms with Crippen LogP contribution in [0, 0.1) is 0 Å². The first kappa shape index (κ1) is 22.6. The average Bonchev–Trinajstić information content (AvgIpc) is 3.06. The normalized spacial score (nSPS) is 14.6. The lowest BCUT2D eigenvalue weighted by atomic mass is 10.1. The van der Waals surface area contributed by atoms with Crippen LogP contribution in [0.2, 0.25) is 0 Å². The molecule has 0 aliphatic carbocycles. The first-order valence-electron chi connectivity index (χ1n) is 10.6. The molecule has 1 aliphatic rings. The highest BCUT2D eigenvalue weighted by molar-refractivity contribution is 8.13. The van der Waals surface area contributed by atoms with Gasteiger partial charge in [0.1, 0.15) is 0 Å². The molecule has 4 heteroatoms. The summed E-state index contributed by atoms with van der Waals surface area (Å²) >= 11 is 1.87. The fourth-order valence-electron chi connectivity index (χ4n) is 3.09. The Balaban J connectivity index is 1.82. The molecule has 0 amide bonds. The number of aliphatic hydroxyl groups is 1. The zero-order valence-corrected chi connectivity index (χ0v) is 17.2. The maximum atomic E-state index is 9.04. The lowest BCUT2D eigenvalue weighted by molar-refractivity contribution is 0.258. The van der Waals surface area contributed by atoms with Gasteiger partial charge < -0.3 is 10.0 Å². The van der Waals surface area contributed by atoms with Crippen molar-refractivity contribution in [2.24, 2.45) is 4.99 Å². The highest BCUT2D eigenvalue weighted by Gasteiger charge is 2.15. The van der Waals surface area contributed by atoms with Crippen LogP contribution in [0.1, 0.15) is 84.0 Å². The molecule has 0 bridgehead atoms. The fraction of sp³-hybridized carbons (Fsp3) is 0.857. The van der Waals surface area contributed by atoms with Crippen molar-refractivity contribution in [2.75, 3.05) is 32.0 Å². The van der Waals surface area contributed by atoms with E-state index >= 15 is 0 Å². The van der Waals surface area contributed by atoms with Gasteiger partial charge in [-0.1, -0.05) is 75.8 Å². The highest BCUT2D eigenvalue weighted by Crippen LogP contribution is 2.16. The predicted octanol–water partition coefficient (Wildman–Crippen LogP) is 5.64. The SMILES string of the molecule is CCCCCCCCC=CCCCCCCSC1=NCCN1CCO. The minimum Gasteiger partial charge on any atom is -0.395 e. The van der Waals surface area contributed by atoms with Crippen LogP contribution >= 0.6 is 11.8 Å². The monoisotopic (exact) mass is 368 g/mol. The van der Waals surface area contributed by atoms with Crippen molar-refractivity contribution in [3.8, 4) is 0 Å². The van der Waals surface area contributed by atoms with Crippen LogP contribution in [0.3, 0.4) is 0 Å². The molecule has 0 spiro atoms. The summed E-state index contributed by atoms with van der Waals surface area (Å²) < 4.78 is 0. The molecule has 146 valence electrons. The zero-order valence-electron chi connectivity index (χ0n) is 16.4. The molecule has 0 radical (unpaired) electrons. The zero-order chi connectivity index (χ0) is 18.0. The third-order valence-corrected chi connectivity index (χ3v) is 5.78. The van der Waals surface area contributed by atoms with Crippen molar-refractivity contribution in [1.29, 1.82) is 0 Å². The van der Waals surface area contributed by atoms with E-state index in [0.717, 1.165) is 30.6 Å². The Morgan fingerprint density at radius 1 is 0.960 bits per heavy atom. The van der Waals surface area contributed by atoms with E-state index in [1.54, 1.807) is 0 Å². The molecule has 3 nitrogen and oxygen atoms in total. The van der Waals surface area contributed by atoms with E-state index in [2.05, 4.69) is 29.0 Å². The van der Waals surface area contributed by atoms with Crippen molar-refractivity contribution < 1.29 is 5.11 Å². The van der Waals surface area contributed by atoms with Crippen molar-refractivity contribution in [3.63, 3.8) is 0 Å². The Bertz CT molecular complexity index is 358. The largest absolute Gasteiger partial charge is 0.395 e. The van der Waals surface area contributed by atoms with Crippen LogP contribution in [0.5, 0.6) is 0 Å². The second kappa shape index (κ2) is 17.0. The summed E-state index contributed by atoms with van der Waals surface area (Å²) in [4.78, 5) is 6.73. The molecule has 1 heterocycles. The summed E-state index contributed by atoms with van der Waals surface area (Å²) in [6.07, 6.45) is 20.9. The number of hydrogen-bond donors (Lipinski definition) is 1. The lowest BCUT2D eigenvalue weighted by Gasteiger charge is -2.17. The standard InChI is InChI=1S/C21H40N2OS/c1-2-3-4-5-6-7-8-9-10-11-12-13-14-15-20-25-21-22-16-17-23(21)18-19-24/h9-10,24H,2-8,11-20H2,1H3. The predicted molar refractivity (Wildman–Crippen MR) is 114 cm³/mol. The summed E-state index contributed by atoms with van der Waals surface area (Å²) in [6, 6.07) is 0. The topological polar surface area (TPSA) is 35.8 Å². The Morgan fingerprint density at radius 3 is 2.28 bits per heavy atom. The van der Waals surface area contributed by atoms with Gasteiger partial charge >= 0.3 is 0 Å². The molecule has 0 atom stereocenters. The smallest absolute Gasteiger partial charge is 0.159 e. The Morgan fingerprint density at radius 2 is 1.60 bits per heavy atom. The number of β-amino-alcohol motifs (C(OH)–C–C–N with tert-alkyl or cyclic N) is 1. The van der Waals surface area contributed by atoms with Gasteiger partial charge in [0, 0.05) is 18.8 Å². The van der Waals surface area contributed by atoms with Gasteiger partial charge in [-0.3, -0.25) is 4.99 Å². The van der Waals surface area contributed by atoms with E-state index in [4.69, 9.17) is 5.11 Å². The number of unbranched alkanes of at least 4 members (excludes halogenated alkanes) is 10. The van der Waals surface area contributed by atoms with Crippen LogP contribution in [0.25, 0.3) is 0 Å². The summed E-state index contributed by atoms with van der Waals surface area (Å²) in [5, 5.41) is 10.2. The van der Waals surface area contributed by atoms with Gasteiger partial charge in [-0.15, -0.1) is 0 Å². The number of nitrogens with zero attached hydrogens (tertiary/aromatic N) is 2. The molecule has 0 aromatic heterocycles. The number of aliphatic hydroxyl groups excluding tert-OH is 1. The Hall–Kier alpha value is -0.480. The third kappa shape index (κ3) is 12.5. The number of aliphatic imine (C=N–C) groups is 1. The number of allylic oxidation sites excluding steroid dienone is 2. The molecule has 0 saturated carbocycles. The number of rotatable bonds is 16. The minimum atomic E-state index is 0.228. The van der Waals surface area contributed by atoms with E-state index in [9.17, 15) is 0 Å². The maximum Gasteiger partial charge on any atom is 0.159 e. The molecule has 0 aromatic carbocycles. The van der Waals surface area contributed by atoms with Crippen molar-refractivity contribution in [1.82, 2.24) is 4.90 Å². The molecule has 1 N–H and O–H groups in total. The van der Waals surface area contributed by atoms with Crippen LogP contribution in [-0.4, -0.2) is 47.2 Å². The highest BCUT2D eigenvalue weighted by atomic mass is 32.2. The van der Waals surface area contributed by atoms with E-state index in [1.807, 2.05) is 11.8 Å². The van der Waals surface area contributed by atoms with E-state index in [1.165, 1.54) is 77.0 Å². The maximum absolute atomic E-state index is 9.04. The van der Waals surface area contributed by atoms with Crippen LogP contribution in [0.15, 0.2) is 17.1 Å². The van der Waals surface area contributed by atoms with Gasteiger partial charge in [-0.2, -0.15) is 0 Å². The van der Waals surface area contributed by atoms with Crippen LogP contribution < -0.4 is 0 Å². The van der Waals surface area contributed by atoms with Gasteiger partial charge in [0.25, 0.3) is 0 Å². The summed E-state index contributed by atoms with van der Waals surface area (Å²) in [7, 11) is 0. The Kier molecular flexibility index (Phi) is 15.3. The molecular formula is C21H40N2OS. The lowest BCUT2D eigenvalue weighted by Crippen LogP contribution is -2.28. The quantitative estimate of drug-likeness (QED) is 0.283. The van der Waals surface area contributed by atoms with Crippen LogP contribution in [0.4, 0.5) is 0 Å². The molecule has 0 aromatic rings. The first-order valence-corrected chi connectivity index (χ1v) is 11.5. The van der Waals surface area contributed by atoms with Crippen molar-refractivity contribution in [2.45, 2.75) is 84.0 Å². The number of hydrogen-bond acceptors (Lipinski definition) is 4. The number of amidine groups is 1. The molecule has 0 unspecified atom stereocenters. The van der Waals surface area contributed by atoms with E-state index in [0.29, 0.717) is 0 Å². The van der Waals surface area contributed by atoms with Crippen LogP contribution in [-0.2, 0) is 0 Å². The molecule has 0 fully saturated rings. The molecule has 25 heavy (non-hydrogen) atoms. The summed E-state index contributed by atoms with van der Waals surface area (Å²) in [5.74, 6) is 1.16. The van der Waals surface area contributed by atoms with Crippen molar-refractivity contribution in [3.05, 3.63) is 12.2 Å². The van der Waals surface area contributed by atoms with Gasteiger partial charge in [0.05, 0.1) is 13.2 Å².